The number of benzene rings is 1. The van der Waals surface area contributed by atoms with E-state index >= 15 is 0 Å². The van der Waals surface area contributed by atoms with Crippen LogP contribution in [0.5, 0.6) is 5.75 Å². The lowest BCUT2D eigenvalue weighted by atomic mass is 9.95. The molecule has 2 unspecified atom stereocenters. The Hall–Kier alpha value is -0.730. The van der Waals surface area contributed by atoms with Crippen LogP contribution in [0.15, 0.2) is 12.1 Å². The first-order valence-electron chi connectivity index (χ1n) is 6.00. The van der Waals surface area contributed by atoms with Gasteiger partial charge in [0.1, 0.15) is 5.75 Å². The molecule has 0 radical (unpaired) electrons. The Morgan fingerprint density at radius 3 is 2.47 bits per heavy atom. The predicted molar refractivity (Wildman–Crippen MR) is 70.0 cm³/mol. The molecule has 0 aliphatic carbocycles. The monoisotopic (exact) mass is 254 g/mol. The fraction of sp³-hybridized carbons (Fsp3) is 0.571. The molecule has 1 aromatic carbocycles. The van der Waals surface area contributed by atoms with Gasteiger partial charge in [-0.25, -0.2) is 0 Å². The van der Waals surface area contributed by atoms with Crippen LogP contribution in [0.2, 0.25) is 0 Å². The highest BCUT2D eigenvalue weighted by Gasteiger charge is 2.26. The molecule has 17 heavy (non-hydrogen) atoms. The van der Waals surface area contributed by atoms with Gasteiger partial charge >= 0.3 is 0 Å². The molecule has 0 aromatic heterocycles. The summed E-state index contributed by atoms with van der Waals surface area (Å²) >= 11 is 6.53. The third kappa shape index (κ3) is 2.58. The molecule has 1 fully saturated rings. The summed E-state index contributed by atoms with van der Waals surface area (Å²) in [5.74, 6) is 1.39. The molecule has 1 saturated heterocycles. The zero-order chi connectivity index (χ0) is 12.4. The lowest BCUT2D eigenvalue weighted by Crippen LogP contribution is -2.08. The van der Waals surface area contributed by atoms with Crippen LogP contribution in [0, 0.1) is 19.8 Å². The molecule has 2 rings (SSSR count). The van der Waals surface area contributed by atoms with Crippen molar-refractivity contribution < 1.29 is 9.47 Å². The second-order valence-corrected chi connectivity index (χ2v) is 5.18. The number of alkyl halides is 1. The average molecular weight is 255 g/mol. The van der Waals surface area contributed by atoms with Gasteiger partial charge < -0.3 is 9.47 Å². The highest BCUT2D eigenvalue weighted by molar-refractivity contribution is 6.21. The molecular formula is C14H19ClO2. The maximum Gasteiger partial charge on any atom is 0.124 e. The fourth-order valence-corrected chi connectivity index (χ4v) is 2.85. The first kappa shape index (κ1) is 12.7. The maximum atomic E-state index is 6.53. The summed E-state index contributed by atoms with van der Waals surface area (Å²) in [5, 5.41) is 0.0424. The molecule has 0 N–H and O–H groups in total. The summed E-state index contributed by atoms with van der Waals surface area (Å²) in [4.78, 5) is 0. The molecule has 2 nitrogen and oxygen atoms in total. The highest BCUT2D eigenvalue weighted by atomic mass is 35.5. The smallest absolute Gasteiger partial charge is 0.124 e. The molecule has 1 heterocycles. The normalized spacial score (nSPS) is 21.5. The minimum Gasteiger partial charge on any atom is -0.496 e. The molecule has 0 spiro atoms. The van der Waals surface area contributed by atoms with Gasteiger partial charge in [0.2, 0.25) is 0 Å². The Morgan fingerprint density at radius 1 is 1.35 bits per heavy atom. The van der Waals surface area contributed by atoms with Crippen molar-refractivity contribution in [1.29, 1.82) is 0 Å². The first-order chi connectivity index (χ1) is 8.13. The molecule has 2 atom stereocenters. The van der Waals surface area contributed by atoms with E-state index in [-0.39, 0.29) is 5.38 Å². The summed E-state index contributed by atoms with van der Waals surface area (Å²) in [7, 11) is 1.71. The summed E-state index contributed by atoms with van der Waals surface area (Å²) in [6, 6.07) is 4.25. The summed E-state index contributed by atoms with van der Waals surface area (Å²) in [5.41, 5.74) is 3.47. The van der Waals surface area contributed by atoms with Crippen molar-refractivity contribution in [2.75, 3.05) is 20.3 Å². The van der Waals surface area contributed by atoms with E-state index in [1.807, 2.05) is 0 Å². The van der Waals surface area contributed by atoms with E-state index in [0.29, 0.717) is 5.92 Å². The van der Waals surface area contributed by atoms with Gasteiger partial charge in [-0.3, -0.25) is 0 Å². The van der Waals surface area contributed by atoms with Crippen LogP contribution in [0.4, 0.5) is 0 Å². The number of methoxy groups -OCH3 is 1. The minimum absolute atomic E-state index is 0.0424. The van der Waals surface area contributed by atoms with E-state index in [4.69, 9.17) is 21.1 Å². The summed E-state index contributed by atoms with van der Waals surface area (Å²) in [6.07, 6.45) is 1.05. The lowest BCUT2D eigenvalue weighted by molar-refractivity contribution is 0.185. The van der Waals surface area contributed by atoms with Crippen LogP contribution in [-0.2, 0) is 4.74 Å². The predicted octanol–water partition coefficient (Wildman–Crippen LogP) is 3.63. The van der Waals surface area contributed by atoms with Crippen LogP contribution in [0.1, 0.15) is 28.5 Å². The highest BCUT2D eigenvalue weighted by Crippen LogP contribution is 2.37. The Labute approximate surface area is 108 Å². The van der Waals surface area contributed by atoms with Gasteiger partial charge in [-0.05, 0) is 37.0 Å². The van der Waals surface area contributed by atoms with Gasteiger partial charge in [0.25, 0.3) is 0 Å². The van der Waals surface area contributed by atoms with E-state index in [2.05, 4.69) is 26.0 Å². The summed E-state index contributed by atoms with van der Waals surface area (Å²) in [6.45, 7) is 5.73. The average Bonchev–Trinajstić information content (AvgIpc) is 2.81. The molecule has 0 bridgehead atoms. The van der Waals surface area contributed by atoms with Crippen molar-refractivity contribution in [2.45, 2.75) is 25.6 Å². The van der Waals surface area contributed by atoms with E-state index in [0.717, 1.165) is 36.5 Å². The third-order valence-corrected chi connectivity index (χ3v) is 3.99. The van der Waals surface area contributed by atoms with Crippen LogP contribution >= 0.6 is 11.6 Å². The van der Waals surface area contributed by atoms with Crippen molar-refractivity contribution in [3.63, 3.8) is 0 Å². The topological polar surface area (TPSA) is 18.5 Å². The zero-order valence-corrected chi connectivity index (χ0v) is 11.4. The van der Waals surface area contributed by atoms with Crippen LogP contribution < -0.4 is 4.74 Å². The molecule has 1 aromatic rings. The van der Waals surface area contributed by atoms with Gasteiger partial charge in [-0.15, -0.1) is 11.6 Å². The number of ether oxygens (including phenoxy) is 2. The second-order valence-electron chi connectivity index (χ2n) is 4.71. The van der Waals surface area contributed by atoms with E-state index in [1.165, 1.54) is 5.56 Å². The Kier molecular flexibility index (Phi) is 3.95. The fourth-order valence-electron chi connectivity index (χ4n) is 2.52. The zero-order valence-electron chi connectivity index (χ0n) is 10.6. The van der Waals surface area contributed by atoms with Gasteiger partial charge in [-0.1, -0.05) is 12.1 Å². The molecule has 1 aliphatic heterocycles. The number of hydrogen-bond donors (Lipinski definition) is 0. The number of halogens is 1. The number of hydrogen-bond acceptors (Lipinski definition) is 2. The maximum absolute atomic E-state index is 6.53. The van der Waals surface area contributed by atoms with Crippen LogP contribution in [0.25, 0.3) is 0 Å². The van der Waals surface area contributed by atoms with E-state index in [1.54, 1.807) is 7.11 Å². The Balaban J connectivity index is 2.26. The molecule has 0 amide bonds. The van der Waals surface area contributed by atoms with Crippen LogP contribution in [0.3, 0.4) is 0 Å². The quantitative estimate of drug-likeness (QED) is 0.767. The first-order valence-corrected chi connectivity index (χ1v) is 6.44. The lowest BCUT2D eigenvalue weighted by Gasteiger charge is -2.18. The van der Waals surface area contributed by atoms with E-state index in [9.17, 15) is 0 Å². The second kappa shape index (κ2) is 5.28. The van der Waals surface area contributed by atoms with Gasteiger partial charge in [0.15, 0.2) is 0 Å². The van der Waals surface area contributed by atoms with Crippen molar-refractivity contribution in [1.82, 2.24) is 0 Å². The summed E-state index contributed by atoms with van der Waals surface area (Å²) < 4.78 is 10.8. The number of aryl methyl sites for hydroxylation is 2. The van der Waals surface area contributed by atoms with Crippen LogP contribution in [-0.4, -0.2) is 20.3 Å². The number of rotatable bonds is 3. The van der Waals surface area contributed by atoms with Gasteiger partial charge in [0.05, 0.1) is 19.1 Å². The van der Waals surface area contributed by atoms with Crippen molar-refractivity contribution >= 4 is 11.6 Å². The van der Waals surface area contributed by atoms with E-state index < -0.39 is 0 Å². The molecule has 94 valence electrons. The van der Waals surface area contributed by atoms with Crippen molar-refractivity contribution in [2.24, 2.45) is 5.92 Å². The van der Waals surface area contributed by atoms with Gasteiger partial charge in [0, 0.05) is 12.5 Å². The molecule has 3 heteroatoms. The minimum atomic E-state index is 0.0424. The Bertz CT molecular complexity index is 374. The van der Waals surface area contributed by atoms with Crippen molar-refractivity contribution in [3.05, 3.63) is 28.8 Å². The SMILES string of the molecule is COc1c(C)cc(C(Cl)C2CCOC2)cc1C. The molecular weight excluding hydrogens is 236 g/mol. The standard InChI is InChI=1S/C14H19ClO2/c1-9-6-12(7-10(2)14(9)16-3)13(15)11-4-5-17-8-11/h6-7,11,13H,4-5,8H2,1-3H3. The largest absolute Gasteiger partial charge is 0.496 e. The Morgan fingerprint density at radius 2 is 2.00 bits per heavy atom. The van der Waals surface area contributed by atoms with Gasteiger partial charge in [-0.2, -0.15) is 0 Å². The van der Waals surface area contributed by atoms with Crippen molar-refractivity contribution in [3.8, 4) is 5.75 Å². The molecule has 1 aliphatic rings. The third-order valence-electron chi connectivity index (χ3n) is 3.38. The molecule has 0 saturated carbocycles.